The lowest BCUT2D eigenvalue weighted by atomic mass is 9.84. The maximum Gasteiger partial charge on any atom is 0.271 e. The van der Waals surface area contributed by atoms with Crippen LogP contribution >= 0.6 is 0 Å². The predicted octanol–water partition coefficient (Wildman–Crippen LogP) is 4.53. The van der Waals surface area contributed by atoms with Gasteiger partial charge < -0.3 is 11.1 Å². The van der Waals surface area contributed by atoms with Gasteiger partial charge in [0.25, 0.3) is 5.91 Å². The van der Waals surface area contributed by atoms with E-state index in [1.54, 1.807) is 19.5 Å². The van der Waals surface area contributed by atoms with E-state index in [-0.39, 0.29) is 13.4 Å². The first-order valence-electron chi connectivity index (χ1n) is 12.5. The molecule has 0 radical (unpaired) electrons. The van der Waals surface area contributed by atoms with Gasteiger partial charge in [-0.3, -0.25) is 24.6 Å². The van der Waals surface area contributed by atoms with Crippen LogP contribution < -0.4 is 11.1 Å². The molecule has 0 saturated heterocycles. The van der Waals surface area contributed by atoms with Crippen molar-refractivity contribution in [3.8, 4) is 0 Å². The van der Waals surface area contributed by atoms with Crippen molar-refractivity contribution in [2.75, 3.05) is 7.05 Å². The van der Waals surface area contributed by atoms with E-state index < -0.39 is 0 Å². The Labute approximate surface area is 205 Å². The Kier molecular flexibility index (Phi) is 10.8. The zero-order chi connectivity index (χ0) is 25.3. The molecule has 1 amide bonds. The Bertz CT molecular complexity index is 941. The van der Waals surface area contributed by atoms with Crippen LogP contribution in [0, 0.1) is 24.7 Å². The third-order valence-corrected chi connectivity index (χ3v) is 6.93. The highest BCUT2D eigenvalue weighted by atomic mass is 16.2. The van der Waals surface area contributed by atoms with Crippen LogP contribution in [-0.2, 0) is 4.79 Å². The number of carbonyl (C=O) groups excluding carboxylic acids is 2. The van der Waals surface area contributed by atoms with E-state index in [0.717, 1.165) is 35.3 Å². The summed E-state index contributed by atoms with van der Waals surface area (Å²) < 4.78 is 0. The zero-order valence-electron chi connectivity index (χ0n) is 21.5. The SMILES string of the molecule is CC.CC(N)C1CC2CCC1C2.CN=Cc1c(C)ccnc1C(=O)NC(C)C1=NC=C(C=O)C1.[HH]. The monoisotopic (exact) mass is 469 g/mol. The minimum Gasteiger partial charge on any atom is -0.343 e. The summed E-state index contributed by atoms with van der Waals surface area (Å²) in [7, 11) is 1.65. The topological polar surface area (TPSA) is 110 Å². The van der Waals surface area contributed by atoms with Gasteiger partial charge in [0.1, 0.15) is 12.0 Å². The molecular formula is C27H43N5O2. The molecule has 34 heavy (non-hydrogen) atoms. The van der Waals surface area contributed by atoms with Crippen LogP contribution in [0.15, 0.2) is 34.0 Å². The van der Waals surface area contributed by atoms with Crippen LogP contribution in [0.4, 0.5) is 0 Å². The molecule has 5 unspecified atom stereocenters. The van der Waals surface area contributed by atoms with Crippen LogP contribution in [0.25, 0.3) is 0 Å². The van der Waals surface area contributed by atoms with Gasteiger partial charge in [-0.25, -0.2) is 0 Å². The Balaban J connectivity index is 0.000000392. The number of allylic oxidation sites excluding steroid dienone is 1. The van der Waals surface area contributed by atoms with Crippen molar-refractivity contribution in [1.29, 1.82) is 0 Å². The summed E-state index contributed by atoms with van der Waals surface area (Å²) in [5.74, 6) is 2.65. The van der Waals surface area contributed by atoms with Gasteiger partial charge in [-0.05, 0) is 69.4 Å². The predicted molar refractivity (Wildman–Crippen MR) is 142 cm³/mol. The minimum absolute atomic E-state index is 0. The van der Waals surface area contributed by atoms with Crippen molar-refractivity contribution in [3.05, 3.63) is 40.9 Å². The molecule has 4 rings (SSSR count). The van der Waals surface area contributed by atoms with E-state index in [9.17, 15) is 9.59 Å². The lowest BCUT2D eigenvalue weighted by molar-refractivity contribution is -0.104. The van der Waals surface area contributed by atoms with Crippen LogP contribution in [0.1, 0.15) is 82.8 Å². The average Bonchev–Trinajstić information content (AvgIpc) is 3.59. The first-order valence-corrected chi connectivity index (χ1v) is 12.5. The van der Waals surface area contributed by atoms with E-state index in [1.807, 2.05) is 33.8 Å². The first-order chi connectivity index (χ1) is 16.3. The largest absolute Gasteiger partial charge is 0.343 e. The molecule has 2 aliphatic carbocycles. The van der Waals surface area contributed by atoms with Crippen LogP contribution in [0.2, 0.25) is 0 Å². The smallest absolute Gasteiger partial charge is 0.271 e. The third-order valence-electron chi connectivity index (χ3n) is 6.93. The van der Waals surface area contributed by atoms with Gasteiger partial charge in [-0.2, -0.15) is 0 Å². The average molecular weight is 470 g/mol. The van der Waals surface area contributed by atoms with E-state index in [1.165, 1.54) is 31.9 Å². The van der Waals surface area contributed by atoms with Crippen LogP contribution in [-0.4, -0.2) is 48.2 Å². The molecule has 7 heteroatoms. The Morgan fingerprint density at radius 2 is 2.03 bits per heavy atom. The van der Waals surface area contributed by atoms with Crippen molar-refractivity contribution in [2.45, 2.75) is 78.8 Å². The number of aldehydes is 1. The van der Waals surface area contributed by atoms with Gasteiger partial charge in [-0.15, -0.1) is 0 Å². The van der Waals surface area contributed by atoms with Gasteiger partial charge >= 0.3 is 0 Å². The fourth-order valence-corrected chi connectivity index (χ4v) is 5.13. The summed E-state index contributed by atoms with van der Waals surface area (Å²) in [6.45, 7) is 9.91. The molecule has 7 nitrogen and oxygen atoms in total. The van der Waals surface area contributed by atoms with Gasteiger partial charge in [0.05, 0.1) is 6.04 Å². The highest BCUT2D eigenvalue weighted by Crippen LogP contribution is 2.49. The number of aryl methyl sites for hydroxylation is 1. The second-order valence-corrected chi connectivity index (χ2v) is 9.29. The number of rotatable bonds is 6. The van der Waals surface area contributed by atoms with Crippen LogP contribution in [0.3, 0.4) is 0 Å². The molecule has 2 bridgehead atoms. The maximum atomic E-state index is 12.4. The summed E-state index contributed by atoms with van der Waals surface area (Å²) in [6, 6.07) is 2.02. The quantitative estimate of drug-likeness (QED) is 0.471. The maximum absolute atomic E-state index is 12.4. The van der Waals surface area contributed by atoms with E-state index in [0.29, 0.717) is 29.3 Å². The number of hydrogen-bond donors (Lipinski definition) is 2. The number of aromatic nitrogens is 1. The number of fused-ring (bicyclic) bond motifs is 2. The lowest BCUT2D eigenvalue weighted by Crippen LogP contribution is -2.39. The molecule has 2 heterocycles. The highest BCUT2D eigenvalue weighted by molar-refractivity contribution is 6.05. The first kappa shape index (κ1) is 27.6. The number of carbonyl (C=O) groups is 2. The van der Waals surface area contributed by atoms with E-state index in [2.05, 4.69) is 27.2 Å². The van der Waals surface area contributed by atoms with Gasteiger partial charge in [0.15, 0.2) is 0 Å². The molecule has 1 aromatic heterocycles. The number of hydrogen-bond acceptors (Lipinski definition) is 6. The molecule has 3 N–H and O–H groups in total. The van der Waals surface area contributed by atoms with Gasteiger partial charge in [0, 0.05) is 56.4 Å². The van der Waals surface area contributed by atoms with Crippen molar-refractivity contribution in [1.82, 2.24) is 10.3 Å². The summed E-state index contributed by atoms with van der Waals surface area (Å²) in [5, 5.41) is 2.87. The molecule has 188 valence electrons. The highest BCUT2D eigenvalue weighted by Gasteiger charge is 2.40. The van der Waals surface area contributed by atoms with Crippen molar-refractivity contribution in [3.63, 3.8) is 0 Å². The van der Waals surface area contributed by atoms with Crippen molar-refractivity contribution < 1.29 is 11.0 Å². The Hall–Kier alpha value is -2.67. The molecule has 3 aliphatic rings. The second-order valence-electron chi connectivity index (χ2n) is 9.29. The van der Waals surface area contributed by atoms with Crippen LogP contribution in [0.5, 0.6) is 0 Å². The number of nitrogens with two attached hydrogens (primary N) is 1. The Morgan fingerprint density at radius 3 is 2.53 bits per heavy atom. The fourth-order valence-electron chi connectivity index (χ4n) is 5.13. The van der Waals surface area contributed by atoms with E-state index >= 15 is 0 Å². The summed E-state index contributed by atoms with van der Waals surface area (Å²) in [4.78, 5) is 35.5. The molecule has 1 aromatic rings. The van der Waals surface area contributed by atoms with Crippen molar-refractivity contribution in [2.24, 2.45) is 33.5 Å². The molecule has 5 atom stereocenters. The van der Waals surface area contributed by atoms with Crippen molar-refractivity contribution >= 4 is 24.1 Å². The molecule has 0 spiro atoms. The minimum atomic E-state index is -0.284. The molecular weight excluding hydrogens is 426 g/mol. The molecule has 2 fully saturated rings. The van der Waals surface area contributed by atoms with Gasteiger partial charge in [0.2, 0.25) is 0 Å². The number of pyridine rings is 1. The third kappa shape index (κ3) is 6.92. The lowest BCUT2D eigenvalue weighted by Gasteiger charge is -2.24. The number of amides is 1. The number of nitrogens with zero attached hydrogens (tertiary/aromatic N) is 3. The number of nitrogens with one attached hydrogen (secondary N) is 1. The number of aliphatic imine (C=N–C) groups is 2. The summed E-state index contributed by atoms with van der Waals surface area (Å²) in [5.41, 5.74) is 9.23. The van der Waals surface area contributed by atoms with E-state index in [4.69, 9.17) is 5.73 Å². The summed E-state index contributed by atoms with van der Waals surface area (Å²) in [6.07, 6.45) is 11.9. The molecule has 2 saturated carbocycles. The summed E-state index contributed by atoms with van der Waals surface area (Å²) >= 11 is 0. The molecule has 0 aromatic carbocycles. The van der Waals surface area contributed by atoms with Gasteiger partial charge in [-0.1, -0.05) is 20.3 Å². The zero-order valence-corrected chi connectivity index (χ0v) is 21.5. The second kappa shape index (κ2) is 13.3. The normalized spacial score (nSPS) is 24.3. The fraction of sp³-hybridized carbons (Fsp3) is 0.593. The molecule has 1 aliphatic heterocycles. The Morgan fingerprint density at radius 1 is 1.29 bits per heavy atom. The standard InChI is InChI=1S/C16H18N4O2.C9H17N.C2H6.H2/c1-10-4-5-18-15(13(10)8-17-3)16(22)20-11(2)14-6-12(9-21)7-19-14;1-6(10)9-5-7-2-3-8(9)4-7;1-2;/h4-5,7-9,11H,6H2,1-3H3,(H,20,22);6-9H,2-5,10H2,1H3;1-2H3;1H.